The van der Waals surface area contributed by atoms with Gasteiger partial charge in [-0.15, -0.1) is 24.0 Å². The van der Waals surface area contributed by atoms with E-state index < -0.39 is 9.84 Å². The Balaban J connectivity index is 0.00000441. The predicted octanol–water partition coefficient (Wildman–Crippen LogP) is 2.56. The van der Waals surface area contributed by atoms with E-state index in [2.05, 4.69) is 29.5 Å². The molecule has 0 radical (unpaired) electrons. The molecule has 22 heavy (non-hydrogen) atoms. The smallest absolute Gasteiger partial charge is 0.191 e. The van der Waals surface area contributed by atoms with Crippen LogP contribution in [0.3, 0.4) is 0 Å². The minimum absolute atomic E-state index is 0. The maximum Gasteiger partial charge on any atom is 0.191 e. The van der Waals surface area contributed by atoms with Crippen molar-refractivity contribution in [2.24, 2.45) is 10.9 Å². The highest BCUT2D eigenvalue weighted by Gasteiger charge is 2.28. The van der Waals surface area contributed by atoms with Gasteiger partial charge in [-0.3, -0.25) is 4.99 Å². The lowest BCUT2D eigenvalue weighted by Crippen LogP contribution is -2.44. The molecule has 1 heterocycles. The van der Waals surface area contributed by atoms with Crippen molar-refractivity contribution in [3.05, 3.63) is 0 Å². The molecule has 0 aromatic heterocycles. The van der Waals surface area contributed by atoms with Crippen molar-refractivity contribution in [2.45, 2.75) is 58.4 Å². The molecule has 0 aliphatic carbocycles. The molecule has 1 atom stereocenters. The van der Waals surface area contributed by atoms with Gasteiger partial charge in [0.1, 0.15) is 0 Å². The third kappa shape index (κ3) is 9.86. The first-order valence-corrected chi connectivity index (χ1v) is 9.92. The number of guanidine groups is 1. The van der Waals surface area contributed by atoms with Crippen LogP contribution in [0.2, 0.25) is 0 Å². The minimum Gasteiger partial charge on any atom is -0.356 e. The van der Waals surface area contributed by atoms with Gasteiger partial charge in [0.15, 0.2) is 15.8 Å². The van der Waals surface area contributed by atoms with Crippen molar-refractivity contribution in [3.8, 4) is 0 Å². The van der Waals surface area contributed by atoms with Crippen LogP contribution in [0.25, 0.3) is 0 Å². The second-order valence-electron chi connectivity index (χ2n) is 6.34. The molecule has 1 aliphatic heterocycles. The van der Waals surface area contributed by atoms with Crippen LogP contribution in [0.4, 0.5) is 0 Å². The van der Waals surface area contributed by atoms with Crippen LogP contribution in [-0.4, -0.2) is 45.5 Å². The Morgan fingerprint density at radius 3 is 2.45 bits per heavy atom. The fourth-order valence-electron chi connectivity index (χ4n) is 2.53. The van der Waals surface area contributed by atoms with Crippen molar-refractivity contribution >= 4 is 39.8 Å². The summed E-state index contributed by atoms with van der Waals surface area (Å²) in [5.74, 6) is 2.04. The molecule has 2 N–H and O–H groups in total. The van der Waals surface area contributed by atoms with Crippen molar-refractivity contribution in [1.29, 1.82) is 0 Å². The van der Waals surface area contributed by atoms with Gasteiger partial charge in [-0.2, -0.15) is 0 Å². The van der Waals surface area contributed by atoms with E-state index in [1.807, 2.05) is 0 Å². The zero-order valence-corrected chi connectivity index (χ0v) is 17.2. The van der Waals surface area contributed by atoms with E-state index in [1.165, 1.54) is 25.7 Å². The molecule has 7 heteroatoms. The quantitative estimate of drug-likeness (QED) is 0.261. The number of rotatable bonds is 8. The first-order chi connectivity index (χ1) is 9.93. The molecule has 1 unspecified atom stereocenters. The first kappa shape index (κ1) is 21.9. The fraction of sp³-hybridized carbons (Fsp3) is 0.933. The van der Waals surface area contributed by atoms with Crippen LogP contribution < -0.4 is 10.6 Å². The molecule has 0 aromatic carbocycles. The Morgan fingerprint density at radius 1 is 1.23 bits per heavy atom. The van der Waals surface area contributed by atoms with Gasteiger partial charge in [0.2, 0.25) is 0 Å². The van der Waals surface area contributed by atoms with Gasteiger partial charge in [-0.1, -0.05) is 39.5 Å². The van der Waals surface area contributed by atoms with E-state index in [4.69, 9.17) is 0 Å². The highest BCUT2D eigenvalue weighted by atomic mass is 127. The molecular formula is C15H32IN3O2S. The Morgan fingerprint density at radius 2 is 1.91 bits per heavy atom. The minimum atomic E-state index is -2.84. The molecule has 0 spiro atoms. The van der Waals surface area contributed by atoms with Crippen molar-refractivity contribution in [2.75, 3.05) is 25.1 Å². The lowest BCUT2D eigenvalue weighted by Gasteiger charge is -2.16. The standard InChI is InChI=1S/C15H31N3O2S.HI/c1-13(2)8-6-4-5-7-10-17-15(16-3)18-14-9-11-21(19,20)12-14;/h13-14H,4-12H2,1-3H3,(H2,16,17,18);1H. The maximum atomic E-state index is 11.4. The van der Waals surface area contributed by atoms with Gasteiger partial charge < -0.3 is 10.6 Å². The molecule has 0 amide bonds. The van der Waals surface area contributed by atoms with Gasteiger partial charge in [0.25, 0.3) is 0 Å². The van der Waals surface area contributed by atoms with Crippen LogP contribution in [0.5, 0.6) is 0 Å². The molecule has 0 aromatic rings. The van der Waals surface area contributed by atoms with E-state index >= 15 is 0 Å². The van der Waals surface area contributed by atoms with Crippen molar-refractivity contribution in [3.63, 3.8) is 0 Å². The van der Waals surface area contributed by atoms with E-state index in [9.17, 15) is 8.42 Å². The molecule has 1 saturated heterocycles. The maximum absolute atomic E-state index is 11.4. The molecule has 1 rings (SSSR count). The topological polar surface area (TPSA) is 70.6 Å². The van der Waals surface area contributed by atoms with Crippen LogP contribution in [-0.2, 0) is 9.84 Å². The van der Waals surface area contributed by atoms with Gasteiger partial charge in [0, 0.05) is 19.6 Å². The summed E-state index contributed by atoms with van der Waals surface area (Å²) in [5.41, 5.74) is 0. The summed E-state index contributed by atoms with van der Waals surface area (Å²) < 4.78 is 22.8. The molecular weight excluding hydrogens is 413 g/mol. The Hall–Kier alpha value is -0.0500. The van der Waals surface area contributed by atoms with E-state index in [0.717, 1.165) is 24.8 Å². The van der Waals surface area contributed by atoms with Crippen molar-refractivity contribution in [1.82, 2.24) is 10.6 Å². The van der Waals surface area contributed by atoms with E-state index in [1.54, 1.807) is 7.05 Å². The Kier molecular flexibility index (Phi) is 11.5. The number of unbranched alkanes of at least 4 members (excludes halogenated alkanes) is 3. The number of halogens is 1. The molecule has 0 saturated carbocycles. The summed E-state index contributed by atoms with van der Waals surface area (Å²) in [7, 11) is -1.11. The summed E-state index contributed by atoms with van der Waals surface area (Å²) in [5, 5.41) is 6.47. The average Bonchev–Trinajstić information content (AvgIpc) is 2.75. The van der Waals surface area contributed by atoms with E-state index in [-0.39, 0.29) is 41.5 Å². The Bertz CT molecular complexity index is 425. The van der Waals surface area contributed by atoms with Crippen LogP contribution in [0.1, 0.15) is 52.4 Å². The number of nitrogens with zero attached hydrogens (tertiary/aromatic N) is 1. The third-order valence-corrected chi connectivity index (χ3v) is 5.57. The monoisotopic (exact) mass is 445 g/mol. The normalized spacial score (nSPS) is 20.7. The highest BCUT2D eigenvalue weighted by Crippen LogP contribution is 2.11. The van der Waals surface area contributed by atoms with Crippen molar-refractivity contribution < 1.29 is 8.42 Å². The summed E-state index contributed by atoms with van der Waals surface area (Å²) in [6, 6.07) is 0.00671. The van der Waals surface area contributed by atoms with Crippen LogP contribution in [0, 0.1) is 5.92 Å². The molecule has 1 aliphatic rings. The van der Waals surface area contributed by atoms with E-state index in [0.29, 0.717) is 6.42 Å². The summed E-state index contributed by atoms with van der Waals surface area (Å²) in [6.07, 6.45) is 6.94. The lowest BCUT2D eigenvalue weighted by atomic mass is 10.0. The number of nitrogens with one attached hydrogen (secondary N) is 2. The van der Waals surface area contributed by atoms with Crippen LogP contribution >= 0.6 is 24.0 Å². The van der Waals surface area contributed by atoms with Gasteiger partial charge in [0.05, 0.1) is 11.5 Å². The largest absolute Gasteiger partial charge is 0.356 e. The molecule has 5 nitrogen and oxygen atoms in total. The summed E-state index contributed by atoms with van der Waals surface area (Å²) in [4.78, 5) is 4.16. The summed E-state index contributed by atoms with van der Waals surface area (Å²) in [6.45, 7) is 5.42. The number of hydrogen-bond acceptors (Lipinski definition) is 3. The molecule has 0 bridgehead atoms. The predicted molar refractivity (Wildman–Crippen MR) is 105 cm³/mol. The van der Waals surface area contributed by atoms with Gasteiger partial charge in [-0.25, -0.2) is 8.42 Å². The number of hydrogen-bond donors (Lipinski definition) is 2. The summed E-state index contributed by atoms with van der Waals surface area (Å²) >= 11 is 0. The molecule has 132 valence electrons. The van der Waals surface area contributed by atoms with Gasteiger partial charge in [-0.05, 0) is 18.8 Å². The Labute approximate surface area is 153 Å². The molecule has 1 fully saturated rings. The second kappa shape index (κ2) is 11.5. The number of aliphatic imine (C=N–C) groups is 1. The average molecular weight is 445 g/mol. The fourth-order valence-corrected chi connectivity index (χ4v) is 4.21. The number of sulfone groups is 1. The first-order valence-electron chi connectivity index (χ1n) is 8.10. The highest BCUT2D eigenvalue weighted by molar-refractivity contribution is 14.0. The SMILES string of the molecule is CN=C(NCCCCCCC(C)C)NC1CCS(=O)(=O)C1.I. The third-order valence-electron chi connectivity index (χ3n) is 3.80. The second-order valence-corrected chi connectivity index (χ2v) is 8.57. The zero-order chi connectivity index (χ0) is 15.7. The zero-order valence-electron chi connectivity index (χ0n) is 14.1. The lowest BCUT2D eigenvalue weighted by molar-refractivity contribution is 0.518. The van der Waals surface area contributed by atoms with Gasteiger partial charge >= 0.3 is 0 Å². The van der Waals surface area contributed by atoms with Crippen LogP contribution in [0.15, 0.2) is 4.99 Å².